The molecule has 0 aliphatic heterocycles. The second kappa shape index (κ2) is 5.31. The van der Waals surface area contributed by atoms with Gasteiger partial charge >= 0.3 is 6.03 Å². The lowest BCUT2D eigenvalue weighted by atomic mass is 10.3. The molecule has 15 heavy (non-hydrogen) atoms. The predicted molar refractivity (Wildman–Crippen MR) is 57.7 cm³/mol. The molecule has 1 aromatic heterocycles. The maximum Gasteiger partial charge on any atom is 0.322 e. The molecule has 1 heterocycles. The standard InChI is InChI=1S/C10H15N3O2/c1-8-3-4-9(11-7-8)12-10(15)13(2)5-6-14/h3-4,7,14H,5-6H2,1-2H3,(H,11,12,15). The molecule has 0 bridgehead atoms. The first kappa shape index (κ1) is 11.5. The van der Waals surface area contributed by atoms with Crippen LogP contribution >= 0.6 is 0 Å². The minimum atomic E-state index is -0.277. The molecule has 1 rings (SSSR count). The van der Waals surface area contributed by atoms with Gasteiger partial charge in [0.2, 0.25) is 0 Å². The van der Waals surface area contributed by atoms with E-state index in [2.05, 4.69) is 10.3 Å². The minimum Gasteiger partial charge on any atom is -0.395 e. The van der Waals surface area contributed by atoms with Crippen LogP contribution in [0.1, 0.15) is 5.56 Å². The second-order valence-corrected chi connectivity index (χ2v) is 3.30. The smallest absolute Gasteiger partial charge is 0.322 e. The van der Waals surface area contributed by atoms with E-state index >= 15 is 0 Å². The molecule has 0 fully saturated rings. The van der Waals surface area contributed by atoms with Crippen molar-refractivity contribution in [2.45, 2.75) is 6.92 Å². The van der Waals surface area contributed by atoms with Gasteiger partial charge in [-0.1, -0.05) is 6.07 Å². The maximum absolute atomic E-state index is 11.5. The van der Waals surface area contributed by atoms with Crippen molar-refractivity contribution in [1.82, 2.24) is 9.88 Å². The first-order valence-corrected chi connectivity index (χ1v) is 4.69. The Hall–Kier alpha value is -1.62. The number of carbonyl (C=O) groups is 1. The fourth-order valence-corrected chi connectivity index (χ4v) is 0.998. The highest BCUT2D eigenvalue weighted by atomic mass is 16.3. The van der Waals surface area contributed by atoms with Crippen LogP contribution in [0.2, 0.25) is 0 Å². The van der Waals surface area contributed by atoms with Crippen LogP contribution in [-0.4, -0.2) is 41.2 Å². The van der Waals surface area contributed by atoms with Crippen LogP contribution in [-0.2, 0) is 0 Å². The summed E-state index contributed by atoms with van der Waals surface area (Å²) in [5.74, 6) is 0.510. The Bertz CT molecular complexity index is 324. The van der Waals surface area contributed by atoms with Crippen LogP contribution in [0.25, 0.3) is 0 Å². The quantitative estimate of drug-likeness (QED) is 0.775. The Labute approximate surface area is 88.7 Å². The molecule has 0 aromatic carbocycles. The number of carbonyl (C=O) groups excluding carboxylic acids is 1. The number of pyridine rings is 1. The number of aliphatic hydroxyl groups is 1. The number of anilines is 1. The molecular weight excluding hydrogens is 194 g/mol. The van der Waals surface area contributed by atoms with E-state index in [1.807, 2.05) is 13.0 Å². The zero-order chi connectivity index (χ0) is 11.3. The second-order valence-electron chi connectivity index (χ2n) is 3.30. The molecule has 0 saturated carbocycles. The van der Waals surface area contributed by atoms with Crippen molar-refractivity contribution in [1.29, 1.82) is 0 Å². The number of nitrogens with one attached hydrogen (secondary N) is 1. The van der Waals surface area contributed by atoms with Crippen molar-refractivity contribution in [3.05, 3.63) is 23.9 Å². The lowest BCUT2D eigenvalue weighted by molar-refractivity contribution is 0.202. The highest BCUT2D eigenvalue weighted by Gasteiger charge is 2.07. The summed E-state index contributed by atoms with van der Waals surface area (Å²) in [6.07, 6.45) is 1.68. The van der Waals surface area contributed by atoms with Crippen LogP contribution in [0.4, 0.5) is 10.6 Å². The number of hydrogen-bond acceptors (Lipinski definition) is 3. The van der Waals surface area contributed by atoms with Gasteiger partial charge in [0.25, 0.3) is 0 Å². The molecule has 0 radical (unpaired) electrons. The zero-order valence-corrected chi connectivity index (χ0v) is 8.90. The fourth-order valence-electron chi connectivity index (χ4n) is 0.998. The number of aryl methyl sites for hydroxylation is 1. The topological polar surface area (TPSA) is 65.5 Å². The zero-order valence-electron chi connectivity index (χ0n) is 8.90. The van der Waals surface area contributed by atoms with Gasteiger partial charge in [0.05, 0.1) is 6.61 Å². The number of aromatic nitrogens is 1. The summed E-state index contributed by atoms with van der Waals surface area (Å²) in [5, 5.41) is 11.3. The van der Waals surface area contributed by atoms with Gasteiger partial charge in [-0.15, -0.1) is 0 Å². The number of nitrogens with zero attached hydrogens (tertiary/aromatic N) is 2. The lowest BCUT2D eigenvalue weighted by Gasteiger charge is -2.15. The van der Waals surface area contributed by atoms with Crippen LogP contribution in [0.3, 0.4) is 0 Å². The maximum atomic E-state index is 11.5. The van der Waals surface area contributed by atoms with Crippen LogP contribution < -0.4 is 5.32 Å². The Morgan fingerprint density at radius 2 is 2.33 bits per heavy atom. The molecule has 0 aliphatic rings. The molecule has 2 N–H and O–H groups in total. The molecule has 0 spiro atoms. The van der Waals surface area contributed by atoms with E-state index in [0.29, 0.717) is 12.4 Å². The Morgan fingerprint density at radius 3 is 2.87 bits per heavy atom. The van der Waals surface area contributed by atoms with Crippen molar-refractivity contribution in [2.75, 3.05) is 25.5 Å². The van der Waals surface area contributed by atoms with E-state index < -0.39 is 0 Å². The molecular formula is C10H15N3O2. The van der Waals surface area contributed by atoms with Crippen LogP contribution in [0.15, 0.2) is 18.3 Å². The van der Waals surface area contributed by atoms with Crippen molar-refractivity contribution >= 4 is 11.8 Å². The molecule has 2 amide bonds. The lowest BCUT2D eigenvalue weighted by Crippen LogP contribution is -2.33. The van der Waals surface area contributed by atoms with Gasteiger partial charge in [0.15, 0.2) is 0 Å². The van der Waals surface area contributed by atoms with E-state index in [9.17, 15) is 4.79 Å². The number of hydrogen-bond donors (Lipinski definition) is 2. The first-order valence-electron chi connectivity index (χ1n) is 4.69. The monoisotopic (exact) mass is 209 g/mol. The average Bonchev–Trinajstić information content (AvgIpc) is 2.22. The summed E-state index contributed by atoms with van der Waals surface area (Å²) in [6.45, 7) is 2.18. The van der Waals surface area contributed by atoms with E-state index in [-0.39, 0.29) is 12.6 Å². The summed E-state index contributed by atoms with van der Waals surface area (Å²) in [7, 11) is 1.61. The summed E-state index contributed by atoms with van der Waals surface area (Å²) >= 11 is 0. The third-order valence-corrected chi connectivity index (χ3v) is 1.93. The third kappa shape index (κ3) is 3.55. The number of amides is 2. The molecule has 1 aromatic rings. The van der Waals surface area contributed by atoms with Crippen molar-refractivity contribution < 1.29 is 9.90 Å². The molecule has 82 valence electrons. The van der Waals surface area contributed by atoms with E-state index in [4.69, 9.17) is 5.11 Å². The van der Waals surface area contributed by atoms with E-state index in [1.165, 1.54) is 4.90 Å². The van der Waals surface area contributed by atoms with Gasteiger partial charge in [-0.25, -0.2) is 9.78 Å². The molecule has 0 aliphatic carbocycles. The SMILES string of the molecule is Cc1ccc(NC(=O)N(C)CCO)nc1. The van der Waals surface area contributed by atoms with Gasteiger partial charge in [-0.05, 0) is 18.6 Å². The molecule has 0 unspecified atom stereocenters. The van der Waals surface area contributed by atoms with Gasteiger partial charge in [0, 0.05) is 19.8 Å². The van der Waals surface area contributed by atoms with Crippen molar-refractivity contribution in [2.24, 2.45) is 0 Å². The number of likely N-dealkylation sites (N-methyl/N-ethyl adjacent to an activating group) is 1. The number of urea groups is 1. The number of rotatable bonds is 3. The highest BCUT2D eigenvalue weighted by Crippen LogP contribution is 2.04. The normalized spacial score (nSPS) is 9.80. The Morgan fingerprint density at radius 1 is 1.60 bits per heavy atom. The first-order chi connectivity index (χ1) is 7.13. The van der Waals surface area contributed by atoms with Gasteiger partial charge in [-0.2, -0.15) is 0 Å². The van der Waals surface area contributed by atoms with Crippen LogP contribution in [0, 0.1) is 6.92 Å². The molecule has 0 saturated heterocycles. The predicted octanol–water partition coefficient (Wildman–Crippen LogP) is 0.846. The van der Waals surface area contributed by atoms with Crippen molar-refractivity contribution in [3.63, 3.8) is 0 Å². The van der Waals surface area contributed by atoms with Gasteiger partial charge < -0.3 is 10.0 Å². The summed E-state index contributed by atoms with van der Waals surface area (Å²) in [6, 6.07) is 3.33. The van der Waals surface area contributed by atoms with Gasteiger partial charge in [-0.3, -0.25) is 5.32 Å². The highest BCUT2D eigenvalue weighted by molar-refractivity contribution is 5.88. The molecule has 5 nitrogen and oxygen atoms in total. The Kier molecular flexibility index (Phi) is 4.05. The number of aliphatic hydroxyl groups excluding tert-OH is 1. The Balaban J connectivity index is 2.54. The summed E-state index contributed by atoms with van der Waals surface area (Å²) in [5.41, 5.74) is 1.04. The minimum absolute atomic E-state index is 0.0504. The van der Waals surface area contributed by atoms with E-state index in [0.717, 1.165) is 5.56 Å². The van der Waals surface area contributed by atoms with Crippen LogP contribution in [0.5, 0.6) is 0 Å². The largest absolute Gasteiger partial charge is 0.395 e. The van der Waals surface area contributed by atoms with Gasteiger partial charge in [0.1, 0.15) is 5.82 Å². The summed E-state index contributed by atoms with van der Waals surface area (Å²) < 4.78 is 0. The fraction of sp³-hybridized carbons (Fsp3) is 0.400. The molecule has 0 atom stereocenters. The van der Waals surface area contributed by atoms with Crippen molar-refractivity contribution in [3.8, 4) is 0 Å². The van der Waals surface area contributed by atoms with E-state index in [1.54, 1.807) is 19.3 Å². The summed E-state index contributed by atoms with van der Waals surface area (Å²) in [4.78, 5) is 16.9. The molecule has 5 heteroatoms. The average molecular weight is 209 g/mol. The third-order valence-electron chi connectivity index (χ3n) is 1.93.